The monoisotopic (exact) mass is 409 g/mol. The quantitative estimate of drug-likeness (QED) is 0.520. The van der Waals surface area contributed by atoms with Crippen LogP contribution in [0.1, 0.15) is 25.8 Å². The molecule has 25 heavy (non-hydrogen) atoms. The molecule has 0 amide bonds. The minimum atomic E-state index is -1.75. The van der Waals surface area contributed by atoms with Gasteiger partial charge in [0.1, 0.15) is 17.5 Å². The Hall–Kier alpha value is -0.880. The third-order valence-electron chi connectivity index (χ3n) is 4.44. The molecule has 2 rings (SSSR count). The van der Waals surface area contributed by atoms with Crippen molar-refractivity contribution in [1.29, 1.82) is 0 Å². The van der Waals surface area contributed by atoms with Gasteiger partial charge in [0.05, 0.1) is 14.2 Å². The summed E-state index contributed by atoms with van der Waals surface area (Å²) in [4.78, 5) is 14.2. The fraction of sp³-hybridized carbons (Fsp3) is 0.588. The summed E-state index contributed by atoms with van der Waals surface area (Å²) in [7, 11) is 3.15. The van der Waals surface area contributed by atoms with Gasteiger partial charge in [0, 0.05) is 18.2 Å². The molecule has 0 unspecified atom stereocenters. The highest BCUT2D eigenvalue weighted by atomic mass is 35.6. The lowest BCUT2D eigenvalue weighted by Gasteiger charge is -2.32. The Labute approximate surface area is 163 Å². The van der Waals surface area contributed by atoms with Gasteiger partial charge in [-0.1, -0.05) is 61.1 Å². The number of benzene rings is 1. The first-order valence-electron chi connectivity index (χ1n) is 7.96. The zero-order valence-corrected chi connectivity index (χ0v) is 16.9. The summed E-state index contributed by atoms with van der Waals surface area (Å²) in [6.45, 7) is 4.32. The molecule has 0 aromatic heterocycles. The summed E-state index contributed by atoms with van der Waals surface area (Å²) in [5, 5.41) is 0. The normalized spacial score (nSPS) is 22.6. The highest BCUT2D eigenvalue weighted by Crippen LogP contribution is 2.42. The number of alkyl halides is 3. The van der Waals surface area contributed by atoms with E-state index in [2.05, 4.69) is 0 Å². The van der Waals surface area contributed by atoms with Crippen LogP contribution >= 0.6 is 34.8 Å². The van der Waals surface area contributed by atoms with Crippen molar-refractivity contribution in [3.8, 4) is 11.5 Å². The van der Waals surface area contributed by atoms with Crippen molar-refractivity contribution in [2.24, 2.45) is 5.92 Å². The summed E-state index contributed by atoms with van der Waals surface area (Å²) in [6, 6.07) is 4.97. The molecule has 1 heterocycles. The van der Waals surface area contributed by atoms with Gasteiger partial charge in [-0.15, -0.1) is 0 Å². The van der Waals surface area contributed by atoms with E-state index in [0.717, 1.165) is 12.0 Å². The third kappa shape index (κ3) is 4.45. The van der Waals surface area contributed by atoms with Crippen molar-refractivity contribution < 1.29 is 19.0 Å². The molecule has 1 saturated heterocycles. The van der Waals surface area contributed by atoms with Crippen LogP contribution in [0.25, 0.3) is 0 Å². The maximum Gasteiger partial charge on any atom is 0.325 e. The van der Waals surface area contributed by atoms with Crippen LogP contribution in [0, 0.1) is 5.92 Å². The number of cyclic esters (lactones) is 1. The molecule has 0 bridgehead atoms. The molecule has 0 saturated carbocycles. The van der Waals surface area contributed by atoms with E-state index in [4.69, 9.17) is 49.0 Å². The van der Waals surface area contributed by atoms with Crippen molar-refractivity contribution >= 4 is 40.8 Å². The summed E-state index contributed by atoms with van der Waals surface area (Å²) < 4.78 is 14.3. The molecule has 1 aromatic rings. The highest BCUT2D eigenvalue weighted by Gasteiger charge is 2.52. The first-order chi connectivity index (χ1) is 11.7. The molecule has 1 aromatic carbocycles. The molecule has 0 radical (unpaired) electrons. The fourth-order valence-electron chi connectivity index (χ4n) is 2.93. The Kier molecular flexibility index (Phi) is 6.71. The number of halogens is 3. The van der Waals surface area contributed by atoms with Gasteiger partial charge in [0.2, 0.25) is 10.0 Å². The molecule has 0 aliphatic carbocycles. The number of carbonyl (C=O) groups excluding carboxylic acids is 1. The van der Waals surface area contributed by atoms with E-state index in [-0.39, 0.29) is 11.9 Å². The van der Waals surface area contributed by atoms with Crippen molar-refractivity contribution in [3.05, 3.63) is 23.8 Å². The van der Waals surface area contributed by atoms with Crippen LogP contribution in [-0.2, 0) is 16.1 Å². The van der Waals surface area contributed by atoms with Crippen molar-refractivity contribution in [2.75, 3.05) is 14.2 Å². The number of esters is 1. The molecular weight excluding hydrogens is 389 g/mol. The summed E-state index contributed by atoms with van der Waals surface area (Å²) in [6.07, 6.45) is -0.168. The number of carbonyl (C=O) groups is 1. The largest absolute Gasteiger partial charge is 0.497 e. The van der Waals surface area contributed by atoms with E-state index < -0.39 is 16.1 Å². The van der Waals surface area contributed by atoms with Crippen LogP contribution in [0.3, 0.4) is 0 Å². The standard InChI is InChI=1S/C17H22Cl3NO4/c1-5-10(2)14-15(22)25-16(17(18,19)20)21(14)9-11-6-7-12(23-3)8-13(11)24-4/h6-8,10,14,16H,5,9H2,1-4H3/t10-,14+,16+/m0/s1. The van der Waals surface area contributed by atoms with Gasteiger partial charge >= 0.3 is 5.97 Å². The van der Waals surface area contributed by atoms with Gasteiger partial charge in [0.25, 0.3) is 0 Å². The Balaban J connectivity index is 2.39. The van der Waals surface area contributed by atoms with Crippen molar-refractivity contribution in [1.82, 2.24) is 4.90 Å². The van der Waals surface area contributed by atoms with Crippen LogP contribution in [-0.4, -0.2) is 41.2 Å². The third-order valence-corrected chi connectivity index (χ3v) is 5.00. The van der Waals surface area contributed by atoms with Crippen LogP contribution < -0.4 is 9.47 Å². The Morgan fingerprint density at radius 2 is 1.96 bits per heavy atom. The van der Waals surface area contributed by atoms with Gasteiger partial charge in [-0.25, -0.2) is 4.90 Å². The first-order valence-corrected chi connectivity index (χ1v) is 9.10. The Morgan fingerprint density at radius 3 is 2.48 bits per heavy atom. The van der Waals surface area contributed by atoms with Crippen LogP contribution in [0.5, 0.6) is 11.5 Å². The van der Waals surface area contributed by atoms with Crippen LogP contribution in [0.2, 0.25) is 0 Å². The van der Waals surface area contributed by atoms with E-state index in [1.165, 1.54) is 0 Å². The average Bonchev–Trinajstić information content (AvgIpc) is 2.91. The zero-order valence-electron chi connectivity index (χ0n) is 14.6. The zero-order chi connectivity index (χ0) is 18.8. The predicted molar refractivity (Wildman–Crippen MR) is 98.5 cm³/mol. The minimum Gasteiger partial charge on any atom is -0.497 e. The molecule has 0 N–H and O–H groups in total. The second-order valence-corrected chi connectivity index (χ2v) is 8.38. The van der Waals surface area contributed by atoms with E-state index in [1.807, 2.05) is 26.0 Å². The van der Waals surface area contributed by atoms with Gasteiger partial charge < -0.3 is 14.2 Å². The summed E-state index contributed by atoms with van der Waals surface area (Å²) in [5.41, 5.74) is 0.842. The maximum absolute atomic E-state index is 12.4. The molecular formula is C17H22Cl3NO4. The molecule has 5 nitrogen and oxygen atoms in total. The second kappa shape index (κ2) is 8.21. The SMILES string of the molecule is CC[C@H](C)[C@@H]1C(=O)O[C@H](C(Cl)(Cl)Cl)N1Cc1ccc(OC)cc1OC. The van der Waals surface area contributed by atoms with Crippen molar-refractivity contribution in [2.45, 2.75) is 42.9 Å². The van der Waals surface area contributed by atoms with Crippen molar-refractivity contribution in [3.63, 3.8) is 0 Å². The van der Waals surface area contributed by atoms with Gasteiger partial charge in [0.15, 0.2) is 0 Å². The van der Waals surface area contributed by atoms with E-state index in [1.54, 1.807) is 25.2 Å². The lowest BCUT2D eigenvalue weighted by molar-refractivity contribution is -0.143. The summed E-state index contributed by atoms with van der Waals surface area (Å²) in [5.74, 6) is 0.975. The second-order valence-electron chi connectivity index (χ2n) is 6.01. The van der Waals surface area contributed by atoms with Gasteiger partial charge in [-0.05, 0) is 12.0 Å². The van der Waals surface area contributed by atoms with Gasteiger partial charge in [-0.3, -0.25) is 4.79 Å². The number of methoxy groups -OCH3 is 2. The van der Waals surface area contributed by atoms with E-state index >= 15 is 0 Å². The highest BCUT2D eigenvalue weighted by molar-refractivity contribution is 6.68. The summed E-state index contributed by atoms with van der Waals surface area (Å²) >= 11 is 18.2. The maximum atomic E-state index is 12.4. The smallest absolute Gasteiger partial charge is 0.325 e. The van der Waals surface area contributed by atoms with Crippen LogP contribution in [0.4, 0.5) is 0 Å². The number of rotatable bonds is 6. The molecule has 1 aliphatic rings. The lowest BCUT2D eigenvalue weighted by Crippen LogP contribution is -2.46. The Bertz CT molecular complexity index is 620. The fourth-order valence-corrected chi connectivity index (χ4v) is 3.44. The van der Waals surface area contributed by atoms with E-state index in [9.17, 15) is 4.79 Å². The Morgan fingerprint density at radius 1 is 1.28 bits per heavy atom. The number of hydrogen-bond donors (Lipinski definition) is 0. The topological polar surface area (TPSA) is 48.0 Å². The number of nitrogens with zero attached hydrogens (tertiary/aromatic N) is 1. The lowest BCUT2D eigenvalue weighted by atomic mass is 9.97. The minimum absolute atomic E-state index is 0.0501. The molecule has 1 fully saturated rings. The molecule has 0 spiro atoms. The molecule has 3 atom stereocenters. The average molecular weight is 411 g/mol. The predicted octanol–water partition coefficient (Wildman–Crippen LogP) is 4.17. The first kappa shape index (κ1) is 20.4. The molecule has 1 aliphatic heterocycles. The number of hydrogen-bond acceptors (Lipinski definition) is 5. The van der Waals surface area contributed by atoms with Gasteiger partial charge in [-0.2, -0.15) is 0 Å². The molecule has 8 heteroatoms. The number of ether oxygens (including phenoxy) is 3. The van der Waals surface area contributed by atoms with Crippen LogP contribution in [0.15, 0.2) is 18.2 Å². The molecule has 140 valence electrons. The van der Waals surface area contributed by atoms with E-state index in [0.29, 0.717) is 18.0 Å².